The average Bonchev–Trinajstić information content (AvgIpc) is 2.59. The van der Waals surface area contributed by atoms with Crippen molar-refractivity contribution in [3.05, 3.63) is 6.20 Å². The van der Waals surface area contributed by atoms with Crippen LogP contribution in [0.1, 0.15) is 6.92 Å². The molecule has 0 amide bonds. The Morgan fingerprint density at radius 3 is 3.21 bits per heavy atom. The van der Waals surface area contributed by atoms with E-state index in [1.807, 2.05) is 6.92 Å². The lowest BCUT2D eigenvalue weighted by atomic mass is 10.1. The molecular weight excluding hydrogens is 202 g/mol. The smallest absolute Gasteiger partial charge is 0.227 e. The Hall–Kier alpha value is -0.720. The van der Waals surface area contributed by atoms with Gasteiger partial charge in [0, 0.05) is 7.11 Å². The third-order valence-electron chi connectivity index (χ3n) is 2.38. The minimum absolute atomic E-state index is 0.296. The molecule has 0 aromatic carbocycles. The molecule has 0 aliphatic carbocycles. The molecule has 1 aromatic heterocycles. The summed E-state index contributed by atoms with van der Waals surface area (Å²) in [6.45, 7) is 3.22. The second-order valence-electron chi connectivity index (χ2n) is 3.53. The number of ether oxygens (including phenoxy) is 2. The van der Waals surface area contributed by atoms with Gasteiger partial charge in [-0.05, 0) is 18.9 Å². The lowest BCUT2D eigenvalue weighted by Crippen LogP contribution is -2.43. The molecule has 0 radical (unpaired) electrons. The minimum atomic E-state index is -0.296. The summed E-state index contributed by atoms with van der Waals surface area (Å²) in [6, 6.07) is 0. The lowest BCUT2D eigenvalue weighted by molar-refractivity contribution is -0.0654. The highest BCUT2D eigenvalue weighted by atomic mass is 32.2. The maximum absolute atomic E-state index is 5.57. The van der Waals surface area contributed by atoms with Crippen LogP contribution < -0.4 is 9.88 Å². The zero-order valence-corrected chi connectivity index (χ0v) is 9.00. The van der Waals surface area contributed by atoms with Crippen molar-refractivity contribution in [2.24, 2.45) is 5.14 Å². The summed E-state index contributed by atoms with van der Waals surface area (Å²) < 4.78 is 12.7. The van der Waals surface area contributed by atoms with Gasteiger partial charge in [0.2, 0.25) is 5.88 Å². The van der Waals surface area contributed by atoms with E-state index in [4.69, 9.17) is 14.6 Å². The highest BCUT2D eigenvalue weighted by Gasteiger charge is 2.33. The molecule has 0 bridgehead atoms. The van der Waals surface area contributed by atoms with Gasteiger partial charge in [-0.1, -0.05) is 0 Å². The van der Waals surface area contributed by atoms with Gasteiger partial charge in [-0.25, -0.2) is 4.68 Å². The average molecular weight is 215 g/mol. The number of methoxy groups -OCH3 is 1. The van der Waals surface area contributed by atoms with E-state index in [0.29, 0.717) is 13.2 Å². The maximum atomic E-state index is 5.57. The summed E-state index contributed by atoms with van der Waals surface area (Å²) in [5, 5.41) is 9.65. The van der Waals surface area contributed by atoms with E-state index < -0.39 is 0 Å². The van der Waals surface area contributed by atoms with Crippen molar-refractivity contribution in [1.82, 2.24) is 9.78 Å². The van der Waals surface area contributed by atoms with Crippen molar-refractivity contribution in [2.45, 2.75) is 24.0 Å². The van der Waals surface area contributed by atoms with Gasteiger partial charge in [0.1, 0.15) is 17.1 Å². The fourth-order valence-electron chi connectivity index (χ4n) is 1.40. The fourth-order valence-corrected chi connectivity index (χ4v) is 1.78. The molecule has 1 aromatic rings. The van der Waals surface area contributed by atoms with Crippen molar-refractivity contribution >= 4 is 11.9 Å². The van der Waals surface area contributed by atoms with Crippen LogP contribution in [0.25, 0.3) is 0 Å². The highest BCUT2D eigenvalue weighted by molar-refractivity contribution is 7.97. The van der Waals surface area contributed by atoms with Gasteiger partial charge in [-0.2, -0.15) is 5.10 Å². The van der Waals surface area contributed by atoms with Gasteiger partial charge in [0.25, 0.3) is 0 Å². The van der Waals surface area contributed by atoms with Crippen LogP contribution in [0.3, 0.4) is 0 Å². The number of hydrogen-bond donors (Lipinski definition) is 1. The summed E-state index contributed by atoms with van der Waals surface area (Å²) in [5.74, 6) is 0.743. The first-order valence-corrected chi connectivity index (χ1v) is 5.17. The number of fused-ring (bicyclic) bond motifs is 1. The molecule has 1 aliphatic rings. The Labute approximate surface area is 86.7 Å². The number of aromatic nitrogens is 2. The lowest BCUT2D eigenvalue weighted by Gasteiger charge is -2.32. The zero-order chi connectivity index (χ0) is 10.2. The molecule has 78 valence electrons. The first kappa shape index (κ1) is 9.82. The molecule has 2 heterocycles. The molecule has 5 nitrogen and oxygen atoms in total. The predicted molar refractivity (Wildman–Crippen MR) is 53.2 cm³/mol. The summed E-state index contributed by atoms with van der Waals surface area (Å²) in [7, 11) is 1.68. The standard InChI is InChI=1S/C8H13N3O2S/c1-8(12-2)4-11-7(13-5-8)6(14-9)3-10-11/h3H,4-5,9H2,1-2H3. The Kier molecular flexibility index (Phi) is 2.42. The second kappa shape index (κ2) is 3.45. The molecule has 0 saturated carbocycles. The molecule has 0 saturated heterocycles. The largest absolute Gasteiger partial charge is 0.474 e. The van der Waals surface area contributed by atoms with E-state index in [-0.39, 0.29) is 5.60 Å². The van der Waals surface area contributed by atoms with Crippen molar-refractivity contribution in [3.8, 4) is 5.88 Å². The third kappa shape index (κ3) is 1.49. The minimum Gasteiger partial charge on any atom is -0.474 e. The van der Waals surface area contributed by atoms with E-state index in [1.165, 1.54) is 0 Å². The number of nitrogens with zero attached hydrogens (tertiary/aromatic N) is 2. The predicted octanol–water partition coefficient (Wildman–Crippen LogP) is 0.646. The molecule has 14 heavy (non-hydrogen) atoms. The molecule has 0 fully saturated rings. The quantitative estimate of drug-likeness (QED) is 0.734. The molecule has 1 atom stereocenters. The van der Waals surface area contributed by atoms with Crippen LogP contribution in [0, 0.1) is 0 Å². The van der Waals surface area contributed by atoms with Gasteiger partial charge >= 0.3 is 0 Å². The van der Waals surface area contributed by atoms with Crippen LogP contribution >= 0.6 is 11.9 Å². The van der Waals surface area contributed by atoms with Crippen molar-refractivity contribution in [1.29, 1.82) is 0 Å². The zero-order valence-electron chi connectivity index (χ0n) is 8.19. The first-order valence-electron chi connectivity index (χ1n) is 4.29. The normalized spacial score (nSPS) is 25.6. The van der Waals surface area contributed by atoms with Crippen LogP contribution in [0.15, 0.2) is 11.1 Å². The van der Waals surface area contributed by atoms with Crippen LogP contribution in [0.4, 0.5) is 0 Å². The summed E-state index contributed by atoms with van der Waals surface area (Å²) in [5.41, 5.74) is -0.296. The van der Waals surface area contributed by atoms with Gasteiger partial charge in [-0.15, -0.1) is 0 Å². The number of nitrogens with two attached hydrogens (primary N) is 1. The van der Waals surface area contributed by atoms with Crippen LogP contribution in [-0.2, 0) is 11.3 Å². The number of hydrogen-bond acceptors (Lipinski definition) is 5. The van der Waals surface area contributed by atoms with Gasteiger partial charge < -0.3 is 9.47 Å². The van der Waals surface area contributed by atoms with Gasteiger partial charge in [-0.3, -0.25) is 5.14 Å². The summed E-state index contributed by atoms with van der Waals surface area (Å²) in [6.07, 6.45) is 1.71. The topological polar surface area (TPSA) is 62.3 Å². The molecule has 1 unspecified atom stereocenters. The Bertz CT molecular complexity index is 341. The summed E-state index contributed by atoms with van der Waals surface area (Å²) in [4.78, 5) is 0.864. The SMILES string of the molecule is COC1(C)COc2c(SN)cnn2C1. The van der Waals surface area contributed by atoms with E-state index in [1.54, 1.807) is 18.0 Å². The molecule has 2 N–H and O–H groups in total. The molecule has 2 rings (SSSR count). The van der Waals surface area contributed by atoms with Gasteiger partial charge in [0.15, 0.2) is 0 Å². The number of rotatable bonds is 2. The van der Waals surface area contributed by atoms with Crippen molar-refractivity contribution < 1.29 is 9.47 Å². The van der Waals surface area contributed by atoms with Crippen LogP contribution in [-0.4, -0.2) is 29.1 Å². The van der Waals surface area contributed by atoms with Crippen molar-refractivity contribution in [3.63, 3.8) is 0 Å². The van der Waals surface area contributed by atoms with Crippen LogP contribution in [0.5, 0.6) is 5.88 Å². The second-order valence-corrected chi connectivity index (χ2v) is 4.21. The Balaban J connectivity index is 2.28. The van der Waals surface area contributed by atoms with E-state index in [2.05, 4.69) is 5.10 Å². The van der Waals surface area contributed by atoms with E-state index in [9.17, 15) is 0 Å². The third-order valence-corrected chi connectivity index (χ3v) is 2.91. The molecule has 1 aliphatic heterocycles. The van der Waals surface area contributed by atoms with Crippen molar-refractivity contribution in [2.75, 3.05) is 13.7 Å². The molecule has 6 heteroatoms. The van der Waals surface area contributed by atoms with E-state index >= 15 is 0 Å². The van der Waals surface area contributed by atoms with E-state index in [0.717, 1.165) is 22.7 Å². The first-order chi connectivity index (χ1) is 6.68. The molecule has 0 spiro atoms. The summed E-state index contributed by atoms with van der Waals surface area (Å²) >= 11 is 1.15. The van der Waals surface area contributed by atoms with Crippen LogP contribution in [0.2, 0.25) is 0 Å². The fraction of sp³-hybridized carbons (Fsp3) is 0.625. The highest BCUT2D eigenvalue weighted by Crippen LogP contribution is 2.31. The Morgan fingerprint density at radius 2 is 2.57 bits per heavy atom. The molecular formula is C8H13N3O2S. The maximum Gasteiger partial charge on any atom is 0.227 e. The van der Waals surface area contributed by atoms with Gasteiger partial charge in [0.05, 0.1) is 12.7 Å². The Morgan fingerprint density at radius 1 is 1.79 bits per heavy atom. The monoisotopic (exact) mass is 215 g/mol.